The van der Waals surface area contributed by atoms with Crippen LogP contribution in [0, 0.1) is 6.92 Å². The van der Waals surface area contributed by atoms with Gasteiger partial charge in [-0.25, -0.2) is 0 Å². The zero-order chi connectivity index (χ0) is 20.6. The topological polar surface area (TPSA) is 68.5 Å². The number of amides is 1. The summed E-state index contributed by atoms with van der Waals surface area (Å²) in [4.78, 5) is 19.0. The largest absolute Gasteiger partial charge is 0.494 e. The van der Waals surface area contributed by atoms with E-state index in [1.165, 1.54) is 0 Å². The molecule has 2 aromatic carbocycles. The van der Waals surface area contributed by atoms with Crippen molar-refractivity contribution in [1.29, 1.82) is 0 Å². The Morgan fingerprint density at radius 2 is 1.90 bits per heavy atom. The van der Waals surface area contributed by atoms with Gasteiger partial charge >= 0.3 is 0 Å². The summed E-state index contributed by atoms with van der Waals surface area (Å²) in [6.07, 6.45) is 2.61. The number of carbonyl (C=O) groups excluding carboxylic acids is 1. The quantitative estimate of drug-likeness (QED) is 0.496. The van der Waals surface area contributed by atoms with Gasteiger partial charge in [0.1, 0.15) is 12.3 Å². The number of aryl methyl sites for hydroxylation is 1. The summed E-state index contributed by atoms with van der Waals surface area (Å²) in [5, 5.41) is 4.04. The first-order valence-corrected chi connectivity index (χ1v) is 9.63. The molecular weight excluding hydrogens is 366 g/mol. The zero-order valence-electron chi connectivity index (χ0n) is 16.8. The van der Waals surface area contributed by atoms with Crippen molar-refractivity contribution in [2.24, 2.45) is 0 Å². The molecule has 0 fully saturated rings. The van der Waals surface area contributed by atoms with Crippen molar-refractivity contribution >= 4 is 5.91 Å². The van der Waals surface area contributed by atoms with Crippen LogP contribution in [0.2, 0.25) is 0 Å². The molecule has 0 aliphatic heterocycles. The van der Waals surface area contributed by atoms with E-state index in [1.807, 2.05) is 38.1 Å². The molecule has 6 heteroatoms. The maximum Gasteiger partial charge on any atom is 0.254 e. The van der Waals surface area contributed by atoms with Crippen molar-refractivity contribution in [3.63, 3.8) is 0 Å². The van der Waals surface area contributed by atoms with E-state index in [4.69, 9.17) is 9.26 Å². The molecule has 0 aliphatic carbocycles. The minimum absolute atomic E-state index is 0.137. The second kappa shape index (κ2) is 9.68. The highest BCUT2D eigenvalue weighted by molar-refractivity contribution is 5.94. The lowest BCUT2D eigenvalue weighted by Gasteiger charge is -2.19. The van der Waals surface area contributed by atoms with Gasteiger partial charge in [0, 0.05) is 17.7 Å². The molecule has 6 nitrogen and oxygen atoms in total. The van der Waals surface area contributed by atoms with Crippen LogP contribution >= 0.6 is 0 Å². The third-order valence-corrected chi connectivity index (χ3v) is 4.31. The average Bonchev–Trinajstić information content (AvgIpc) is 3.21. The van der Waals surface area contributed by atoms with Gasteiger partial charge in [-0.2, -0.15) is 4.98 Å². The van der Waals surface area contributed by atoms with Crippen LogP contribution in [-0.4, -0.2) is 34.1 Å². The van der Waals surface area contributed by atoms with Gasteiger partial charge in [-0.1, -0.05) is 48.0 Å². The molecule has 0 radical (unpaired) electrons. The molecule has 0 saturated carbocycles. The normalized spacial score (nSPS) is 10.6. The van der Waals surface area contributed by atoms with E-state index < -0.39 is 0 Å². The molecule has 0 atom stereocenters. The number of hydrogen-bond acceptors (Lipinski definition) is 5. The van der Waals surface area contributed by atoms with E-state index in [0.29, 0.717) is 30.4 Å². The molecule has 150 valence electrons. The molecule has 1 amide bonds. The summed E-state index contributed by atoms with van der Waals surface area (Å²) in [5.41, 5.74) is 2.59. The molecule has 1 heterocycles. The smallest absolute Gasteiger partial charge is 0.254 e. The lowest BCUT2D eigenvalue weighted by atomic mass is 10.1. The van der Waals surface area contributed by atoms with Crippen molar-refractivity contribution in [3.8, 4) is 17.1 Å². The monoisotopic (exact) mass is 391 g/mol. The highest BCUT2D eigenvalue weighted by Gasteiger charge is 2.19. The lowest BCUT2D eigenvalue weighted by Crippen LogP contribution is -2.30. The number of nitrogens with zero attached hydrogens (tertiary/aromatic N) is 3. The van der Waals surface area contributed by atoms with E-state index in [1.54, 1.807) is 35.2 Å². The number of rotatable bonds is 9. The zero-order valence-corrected chi connectivity index (χ0v) is 16.8. The molecular formula is C23H25N3O3. The van der Waals surface area contributed by atoms with Gasteiger partial charge in [0.15, 0.2) is 0 Å². The Labute approximate surface area is 170 Å². The minimum Gasteiger partial charge on any atom is -0.494 e. The molecule has 0 unspecified atom stereocenters. The average molecular weight is 391 g/mol. The van der Waals surface area contributed by atoms with Crippen molar-refractivity contribution < 1.29 is 14.1 Å². The predicted molar refractivity (Wildman–Crippen MR) is 112 cm³/mol. The Morgan fingerprint density at radius 1 is 1.17 bits per heavy atom. The van der Waals surface area contributed by atoms with Crippen LogP contribution in [-0.2, 0) is 6.54 Å². The number of aromatic nitrogens is 2. The fourth-order valence-corrected chi connectivity index (χ4v) is 2.77. The molecule has 1 aromatic heterocycles. The van der Waals surface area contributed by atoms with Crippen molar-refractivity contribution in [2.75, 3.05) is 13.2 Å². The molecule has 0 saturated heterocycles. The van der Waals surface area contributed by atoms with Gasteiger partial charge < -0.3 is 14.2 Å². The van der Waals surface area contributed by atoms with E-state index in [9.17, 15) is 4.79 Å². The minimum atomic E-state index is -0.137. The number of benzene rings is 2. The first-order valence-electron chi connectivity index (χ1n) is 9.63. The number of carbonyl (C=O) groups is 1. The van der Waals surface area contributed by atoms with Crippen LogP contribution in [0.1, 0.15) is 35.2 Å². The highest BCUT2D eigenvalue weighted by atomic mass is 16.5. The van der Waals surface area contributed by atoms with Crippen LogP contribution in [0.5, 0.6) is 5.75 Å². The fourth-order valence-electron chi connectivity index (χ4n) is 2.77. The molecule has 0 bridgehead atoms. The van der Waals surface area contributed by atoms with Gasteiger partial charge in [0.05, 0.1) is 6.61 Å². The molecule has 0 spiro atoms. The number of hydrogen-bond donors (Lipinski definition) is 0. The summed E-state index contributed by atoms with van der Waals surface area (Å²) in [5.74, 6) is 1.49. The summed E-state index contributed by atoms with van der Waals surface area (Å²) >= 11 is 0. The van der Waals surface area contributed by atoms with E-state index in [-0.39, 0.29) is 12.5 Å². The second-order valence-electron chi connectivity index (χ2n) is 6.72. The predicted octanol–water partition coefficient (Wildman–Crippen LogP) is 4.66. The standard InChI is InChI=1S/C23H25N3O3/c1-4-14-26(23(27)19-10-12-20(13-11-19)28-15-5-2)16-21-24-22(25-29-21)18-8-6-17(3)7-9-18/h4,6-13H,1,5,14-16H2,2-3H3. The van der Waals surface area contributed by atoms with Gasteiger partial charge in [-0.15, -0.1) is 6.58 Å². The second-order valence-corrected chi connectivity index (χ2v) is 6.72. The third kappa shape index (κ3) is 5.31. The van der Waals surface area contributed by atoms with E-state index in [2.05, 4.69) is 16.7 Å². The molecule has 3 rings (SSSR count). The van der Waals surface area contributed by atoms with Crippen LogP contribution in [0.15, 0.2) is 65.7 Å². The maximum absolute atomic E-state index is 12.9. The van der Waals surface area contributed by atoms with Crippen molar-refractivity contribution in [1.82, 2.24) is 15.0 Å². The Kier molecular flexibility index (Phi) is 6.79. The van der Waals surface area contributed by atoms with E-state index in [0.717, 1.165) is 23.3 Å². The lowest BCUT2D eigenvalue weighted by molar-refractivity contribution is 0.0745. The van der Waals surface area contributed by atoms with Crippen molar-refractivity contribution in [3.05, 3.63) is 78.2 Å². The highest BCUT2D eigenvalue weighted by Crippen LogP contribution is 2.18. The Morgan fingerprint density at radius 3 is 2.55 bits per heavy atom. The summed E-state index contributed by atoms with van der Waals surface area (Å²) in [6, 6.07) is 15.0. The van der Waals surface area contributed by atoms with E-state index >= 15 is 0 Å². The van der Waals surface area contributed by atoms with Crippen LogP contribution in [0.4, 0.5) is 0 Å². The molecule has 0 aliphatic rings. The maximum atomic E-state index is 12.9. The van der Waals surface area contributed by atoms with Gasteiger partial charge in [-0.05, 0) is 37.6 Å². The van der Waals surface area contributed by atoms with Crippen LogP contribution in [0.3, 0.4) is 0 Å². The third-order valence-electron chi connectivity index (χ3n) is 4.31. The van der Waals surface area contributed by atoms with Crippen LogP contribution in [0.25, 0.3) is 11.4 Å². The first kappa shape index (κ1) is 20.3. The van der Waals surface area contributed by atoms with Gasteiger partial charge in [-0.3, -0.25) is 4.79 Å². The van der Waals surface area contributed by atoms with Crippen molar-refractivity contribution in [2.45, 2.75) is 26.8 Å². The molecule has 3 aromatic rings. The summed E-state index contributed by atoms with van der Waals surface area (Å²) in [7, 11) is 0. The van der Waals surface area contributed by atoms with Gasteiger partial charge in [0.2, 0.25) is 11.7 Å². The molecule has 29 heavy (non-hydrogen) atoms. The molecule has 0 N–H and O–H groups in total. The Hall–Kier alpha value is -3.41. The summed E-state index contributed by atoms with van der Waals surface area (Å²) < 4.78 is 10.9. The first-order chi connectivity index (χ1) is 14.1. The summed E-state index contributed by atoms with van der Waals surface area (Å²) in [6.45, 7) is 9.04. The van der Waals surface area contributed by atoms with Gasteiger partial charge in [0.25, 0.3) is 5.91 Å². The SMILES string of the molecule is C=CCN(Cc1nc(-c2ccc(C)cc2)no1)C(=O)c1ccc(OCCC)cc1. The van der Waals surface area contributed by atoms with Crippen LogP contribution < -0.4 is 4.74 Å². The fraction of sp³-hybridized carbons (Fsp3) is 0.261. The number of ether oxygens (including phenoxy) is 1. The Bertz CT molecular complexity index is 946. The Balaban J connectivity index is 1.72.